The Morgan fingerprint density at radius 2 is 0.812 bits per heavy atom. The minimum Gasteiger partial charge on any atom is -0.326 e. The molecule has 2 aromatic heterocycles. The number of nitrogens with zero attached hydrogens (tertiary/aromatic N) is 2. The van der Waals surface area contributed by atoms with Gasteiger partial charge in [-0.25, -0.2) is 9.98 Å². The molecule has 0 aliphatic rings. The Bertz CT molecular complexity index is 1740. The average Bonchev–Trinajstić information content (AvgIpc) is 3.88. The number of hydrogen-bond donors (Lipinski definition) is 4. The fraction of sp³-hybridized carbons (Fsp3) is 0.0526. The summed E-state index contributed by atoms with van der Waals surface area (Å²) in [4.78, 5) is 34.9. The second kappa shape index (κ2) is 18.3. The standard InChI is InChI=1S/2C19H17N3OS/c2*23-18(17-12-7-13-24-17)22-19(21-16-10-5-2-6-11-16)20-14-15-8-3-1-4-9-15/h2*1-13H,14H2,(H2,20,21,22,23). The van der Waals surface area contributed by atoms with Crippen LogP contribution in [0.2, 0.25) is 0 Å². The lowest BCUT2D eigenvalue weighted by atomic mass is 10.2. The molecular formula is C38H34N6O2S2. The predicted molar refractivity (Wildman–Crippen MR) is 199 cm³/mol. The zero-order chi connectivity index (χ0) is 33.2. The highest BCUT2D eigenvalue weighted by Crippen LogP contribution is 2.11. The van der Waals surface area contributed by atoms with Crippen LogP contribution in [0.5, 0.6) is 0 Å². The summed E-state index contributed by atoms with van der Waals surface area (Å²) >= 11 is 2.80. The summed E-state index contributed by atoms with van der Waals surface area (Å²) in [5, 5.41) is 15.8. The van der Waals surface area contributed by atoms with Crippen molar-refractivity contribution in [2.75, 3.05) is 10.6 Å². The van der Waals surface area contributed by atoms with Crippen molar-refractivity contribution in [3.05, 3.63) is 177 Å². The Morgan fingerprint density at radius 3 is 1.15 bits per heavy atom. The zero-order valence-electron chi connectivity index (χ0n) is 26.0. The van der Waals surface area contributed by atoms with Crippen molar-refractivity contribution in [3.63, 3.8) is 0 Å². The molecule has 240 valence electrons. The highest BCUT2D eigenvalue weighted by molar-refractivity contribution is 7.12. The van der Waals surface area contributed by atoms with E-state index in [0.29, 0.717) is 34.8 Å². The Labute approximate surface area is 288 Å². The fourth-order valence-corrected chi connectivity index (χ4v) is 5.44. The van der Waals surface area contributed by atoms with Gasteiger partial charge in [-0.1, -0.05) is 109 Å². The van der Waals surface area contributed by atoms with Crippen molar-refractivity contribution < 1.29 is 9.59 Å². The number of rotatable bonds is 8. The molecule has 10 heteroatoms. The second-order valence-electron chi connectivity index (χ2n) is 10.1. The highest BCUT2D eigenvalue weighted by atomic mass is 32.1. The Kier molecular flexibility index (Phi) is 12.8. The minimum absolute atomic E-state index is 0.166. The molecule has 4 N–H and O–H groups in total. The van der Waals surface area contributed by atoms with Gasteiger partial charge in [-0.3, -0.25) is 20.2 Å². The molecule has 0 fully saturated rings. The van der Waals surface area contributed by atoms with Crippen LogP contribution in [0.15, 0.2) is 166 Å². The first kappa shape index (κ1) is 33.5. The summed E-state index contributed by atoms with van der Waals surface area (Å²) in [7, 11) is 0. The van der Waals surface area contributed by atoms with E-state index >= 15 is 0 Å². The lowest BCUT2D eigenvalue weighted by molar-refractivity contribution is 0.0972. The summed E-state index contributed by atoms with van der Waals surface area (Å²) < 4.78 is 0. The third-order valence-corrected chi connectivity index (χ3v) is 8.29. The summed E-state index contributed by atoms with van der Waals surface area (Å²) in [6.07, 6.45) is 0. The van der Waals surface area contributed by atoms with Gasteiger partial charge in [0.05, 0.1) is 22.8 Å². The van der Waals surface area contributed by atoms with E-state index in [0.717, 1.165) is 22.5 Å². The molecule has 0 aliphatic carbocycles. The maximum absolute atomic E-state index is 12.3. The van der Waals surface area contributed by atoms with Crippen molar-refractivity contribution in [1.29, 1.82) is 0 Å². The number of anilines is 2. The zero-order valence-corrected chi connectivity index (χ0v) is 27.6. The summed E-state index contributed by atoms with van der Waals surface area (Å²) in [5.74, 6) is 0.535. The van der Waals surface area contributed by atoms with Crippen molar-refractivity contribution >= 4 is 57.8 Å². The quantitative estimate of drug-likeness (QED) is 0.0966. The number of hydrogen-bond acceptors (Lipinski definition) is 6. The highest BCUT2D eigenvalue weighted by Gasteiger charge is 2.11. The Hall–Kier alpha value is -5.84. The molecule has 0 saturated carbocycles. The number of nitrogens with one attached hydrogen (secondary N) is 4. The second-order valence-corrected chi connectivity index (χ2v) is 12.0. The van der Waals surface area contributed by atoms with Crippen LogP contribution in [0, 0.1) is 0 Å². The molecule has 0 saturated heterocycles. The lowest BCUT2D eigenvalue weighted by Crippen LogP contribution is -2.35. The van der Waals surface area contributed by atoms with Gasteiger partial charge in [-0.15, -0.1) is 22.7 Å². The van der Waals surface area contributed by atoms with Crippen molar-refractivity contribution in [3.8, 4) is 0 Å². The van der Waals surface area contributed by atoms with Crippen molar-refractivity contribution in [2.45, 2.75) is 13.1 Å². The number of aliphatic imine (C=N–C) groups is 2. The average molecular weight is 671 g/mol. The summed E-state index contributed by atoms with van der Waals surface area (Å²) in [6.45, 7) is 0.974. The molecule has 6 aromatic rings. The third-order valence-electron chi connectivity index (χ3n) is 6.55. The number of amides is 2. The van der Waals surface area contributed by atoms with E-state index in [1.54, 1.807) is 12.1 Å². The van der Waals surface area contributed by atoms with Crippen molar-refractivity contribution in [1.82, 2.24) is 10.6 Å². The number of carbonyl (C=O) groups excluding carboxylic acids is 2. The van der Waals surface area contributed by atoms with Gasteiger partial charge >= 0.3 is 0 Å². The molecule has 0 bridgehead atoms. The first-order chi connectivity index (χ1) is 23.6. The topological polar surface area (TPSA) is 107 Å². The molecule has 2 heterocycles. The molecule has 6 rings (SSSR count). The van der Waals surface area contributed by atoms with Crippen LogP contribution in [-0.2, 0) is 13.1 Å². The number of carbonyl (C=O) groups is 2. The molecule has 8 nitrogen and oxygen atoms in total. The molecule has 0 spiro atoms. The molecule has 0 radical (unpaired) electrons. The molecular weight excluding hydrogens is 637 g/mol. The number of benzene rings is 4. The van der Waals surface area contributed by atoms with E-state index in [1.807, 2.05) is 144 Å². The van der Waals surface area contributed by atoms with E-state index < -0.39 is 0 Å². The fourth-order valence-electron chi connectivity index (χ4n) is 4.20. The van der Waals surface area contributed by atoms with Crippen LogP contribution >= 0.6 is 22.7 Å². The number of para-hydroxylation sites is 2. The molecule has 0 unspecified atom stereocenters. The van der Waals surface area contributed by atoms with Gasteiger partial charge in [0.15, 0.2) is 0 Å². The lowest BCUT2D eigenvalue weighted by Gasteiger charge is -2.11. The molecule has 0 aliphatic heterocycles. The molecule has 48 heavy (non-hydrogen) atoms. The van der Waals surface area contributed by atoms with Crippen LogP contribution in [0.25, 0.3) is 0 Å². The van der Waals surface area contributed by atoms with Crippen LogP contribution in [0.3, 0.4) is 0 Å². The smallest absolute Gasteiger partial charge is 0.268 e. The van der Waals surface area contributed by atoms with E-state index in [2.05, 4.69) is 31.3 Å². The maximum atomic E-state index is 12.3. The van der Waals surface area contributed by atoms with E-state index in [-0.39, 0.29) is 11.8 Å². The van der Waals surface area contributed by atoms with E-state index in [4.69, 9.17) is 0 Å². The normalized spacial score (nSPS) is 11.1. The minimum atomic E-state index is -0.166. The van der Waals surface area contributed by atoms with Crippen LogP contribution in [-0.4, -0.2) is 23.7 Å². The Morgan fingerprint density at radius 1 is 0.458 bits per heavy atom. The van der Waals surface area contributed by atoms with Crippen molar-refractivity contribution in [2.24, 2.45) is 9.98 Å². The van der Waals surface area contributed by atoms with Gasteiger partial charge in [0.1, 0.15) is 0 Å². The van der Waals surface area contributed by atoms with Crippen LogP contribution in [0.1, 0.15) is 30.5 Å². The first-order valence-electron chi connectivity index (χ1n) is 15.1. The van der Waals surface area contributed by atoms with E-state index in [1.165, 1.54) is 22.7 Å². The van der Waals surface area contributed by atoms with Gasteiger partial charge < -0.3 is 10.6 Å². The van der Waals surface area contributed by atoms with Gasteiger partial charge in [0, 0.05) is 11.4 Å². The van der Waals surface area contributed by atoms with Crippen LogP contribution in [0.4, 0.5) is 11.4 Å². The summed E-state index contributed by atoms with van der Waals surface area (Å²) in [6, 6.07) is 46.4. The largest absolute Gasteiger partial charge is 0.326 e. The SMILES string of the molecule is O=C(NC(=NCc1ccccc1)Nc1ccccc1)c1cccs1.O=C(NC(=NCc1ccccc1)Nc1ccccc1)c1cccs1. The van der Waals surface area contributed by atoms with Gasteiger partial charge in [0.2, 0.25) is 11.9 Å². The van der Waals surface area contributed by atoms with E-state index in [9.17, 15) is 9.59 Å². The van der Waals surface area contributed by atoms with Gasteiger partial charge in [0.25, 0.3) is 11.8 Å². The molecule has 4 aromatic carbocycles. The summed E-state index contributed by atoms with van der Waals surface area (Å²) in [5.41, 5.74) is 3.90. The third kappa shape index (κ3) is 11.2. The van der Waals surface area contributed by atoms with Gasteiger partial charge in [-0.05, 0) is 58.3 Å². The van der Waals surface area contributed by atoms with Gasteiger partial charge in [-0.2, -0.15) is 0 Å². The maximum Gasteiger partial charge on any atom is 0.268 e. The number of thiophene rings is 2. The van der Waals surface area contributed by atoms with Crippen LogP contribution < -0.4 is 21.3 Å². The monoisotopic (exact) mass is 670 g/mol. The predicted octanol–water partition coefficient (Wildman–Crippen LogP) is 8.29. The molecule has 2 amide bonds. The Balaban J connectivity index is 0.000000188. The first-order valence-corrected chi connectivity index (χ1v) is 16.9. The molecule has 0 atom stereocenters. The number of guanidine groups is 2.